The van der Waals surface area contributed by atoms with Crippen molar-refractivity contribution in [1.29, 1.82) is 0 Å². The molecular weight excluding hydrogens is 356 g/mol. The molecule has 2 aromatic rings. The number of hydrogen-bond acceptors (Lipinski definition) is 7. The molecule has 0 fully saturated rings. The lowest BCUT2D eigenvalue weighted by Crippen LogP contribution is -2.27. The van der Waals surface area contributed by atoms with E-state index in [-0.39, 0.29) is 19.1 Å². The summed E-state index contributed by atoms with van der Waals surface area (Å²) < 4.78 is 15.9. The summed E-state index contributed by atoms with van der Waals surface area (Å²) in [4.78, 5) is 29.3. The van der Waals surface area contributed by atoms with Crippen molar-refractivity contribution in [1.82, 2.24) is 4.98 Å². The number of thiazole rings is 1. The molecule has 0 N–H and O–H groups in total. The van der Waals surface area contributed by atoms with Crippen LogP contribution in [0.15, 0.2) is 23.6 Å². The molecule has 0 aliphatic heterocycles. The number of aryl methyl sites for hydroxylation is 1. The number of nitrogens with zero attached hydrogens (tertiary/aromatic N) is 2. The predicted molar refractivity (Wildman–Crippen MR) is 98.8 cm³/mol. The van der Waals surface area contributed by atoms with Gasteiger partial charge in [-0.25, -0.2) is 9.78 Å². The summed E-state index contributed by atoms with van der Waals surface area (Å²) in [5, 5.41) is 2.35. The summed E-state index contributed by atoms with van der Waals surface area (Å²) in [6.07, 6.45) is 0. The molecule has 1 amide bonds. The Labute approximate surface area is 156 Å². The highest BCUT2D eigenvalue weighted by molar-refractivity contribution is 7.14. The van der Waals surface area contributed by atoms with Gasteiger partial charge in [-0.05, 0) is 31.5 Å². The fraction of sp³-hybridized carbons (Fsp3) is 0.389. The Morgan fingerprint density at radius 1 is 1.27 bits per heavy atom. The maximum absolute atomic E-state index is 11.9. The van der Waals surface area contributed by atoms with Gasteiger partial charge in [0, 0.05) is 18.8 Å². The lowest BCUT2D eigenvalue weighted by Gasteiger charge is -2.14. The Morgan fingerprint density at radius 2 is 2.04 bits per heavy atom. The van der Waals surface area contributed by atoms with Crippen molar-refractivity contribution in [2.75, 3.05) is 25.2 Å². The van der Waals surface area contributed by atoms with Gasteiger partial charge in [0.2, 0.25) is 5.91 Å². The van der Waals surface area contributed by atoms with E-state index in [2.05, 4.69) is 4.98 Å². The zero-order valence-electron chi connectivity index (χ0n) is 15.3. The Kier molecular flexibility index (Phi) is 6.97. The molecule has 0 saturated heterocycles. The molecule has 2 rings (SSSR count). The normalized spacial score (nSPS) is 10.3. The molecule has 0 atom stereocenters. The number of amides is 1. The fourth-order valence-corrected chi connectivity index (χ4v) is 3.12. The van der Waals surface area contributed by atoms with Gasteiger partial charge < -0.3 is 14.2 Å². The first-order valence-corrected chi connectivity index (χ1v) is 8.98. The summed E-state index contributed by atoms with van der Waals surface area (Å²) in [5.41, 5.74) is 1.62. The van der Waals surface area contributed by atoms with Crippen LogP contribution >= 0.6 is 11.3 Å². The van der Waals surface area contributed by atoms with Gasteiger partial charge in [0.15, 0.2) is 23.2 Å². The van der Waals surface area contributed by atoms with Crippen molar-refractivity contribution in [3.05, 3.63) is 34.8 Å². The standard InChI is InChI=1S/C18H22N2O5S/c1-5-20(13(3)21)18-19-14(11-26-18)9-25-17(22)10-24-15-7-6-12(2)8-16(15)23-4/h6-8,11H,5,9-10H2,1-4H3. The van der Waals surface area contributed by atoms with Crippen LogP contribution in [0.5, 0.6) is 11.5 Å². The fourth-order valence-electron chi connectivity index (χ4n) is 2.21. The zero-order chi connectivity index (χ0) is 19.1. The van der Waals surface area contributed by atoms with Gasteiger partial charge in [0.1, 0.15) is 6.61 Å². The van der Waals surface area contributed by atoms with E-state index in [1.807, 2.05) is 26.0 Å². The molecule has 140 valence electrons. The highest BCUT2D eigenvalue weighted by atomic mass is 32.1. The van der Waals surface area contributed by atoms with Crippen LogP contribution < -0.4 is 14.4 Å². The number of esters is 1. The maximum atomic E-state index is 11.9. The lowest BCUT2D eigenvalue weighted by molar-refractivity contribution is -0.147. The van der Waals surface area contributed by atoms with Crippen molar-refractivity contribution in [3.8, 4) is 11.5 Å². The summed E-state index contributed by atoms with van der Waals surface area (Å²) >= 11 is 1.33. The van der Waals surface area contributed by atoms with Crippen LogP contribution in [0.1, 0.15) is 25.1 Å². The SMILES string of the molecule is CCN(C(C)=O)c1nc(COC(=O)COc2ccc(C)cc2OC)cs1. The van der Waals surface area contributed by atoms with Gasteiger partial charge in [0.25, 0.3) is 0 Å². The highest BCUT2D eigenvalue weighted by Crippen LogP contribution is 2.27. The first-order valence-electron chi connectivity index (χ1n) is 8.10. The van der Waals surface area contributed by atoms with E-state index >= 15 is 0 Å². The second-order valence-corrected chi connectivity index (χ2v) is 6.32. The van der Waals surface area contributed by atoms with Crippen LogP contribution in [-0.2, 0) is 20.9 Å². The quantitative estimate of drug-likeness (QED) is 0.657. The zero-order valence-corrected chi connectivity index (χ0v) is 16.1. The molecule has 26 heavy (non-hydrogen) atoms. The van der Waals surface area contributed by atoms with Gasteiger partial charge in [-0.2, -0.15) is 0 Å². The van der Waals surface area contributed by atoms with E-state index in [0.717, 1.165) is 5.56 Å². The smallest absolute Gasteiger partial charge is 0.344 e. The van der Waals surface area contributed by atoms with E-state index < -0.39 is 5.97 Å². The van der Waals surface area contributed by atoms with Crippen LogP contribution in [0.4, 0.5) is 5.13 Å². The van der Waals surface area contributed by atoms with Crippen molar-refractivity contribution in [3.63, 3.8) is 0 Å². The van der Waals surface area contributed by atoms with E-state index in [1.165, 1.54) is 18.3 Å². The number of carbonyl (C=O) groups excluding carboxylic acids is 2. The monoisotopic (exact) mass is 378 g/mol. The molecular formula is C18H22N2O5S. The number of aromatic nitrogens is 1. The molecule has 0 radical (unpaired) electrons. The molecule has 0 aliphatic carbocycles. The Balaban J connectivity index is 1.86. The Bertz CT molecular complexity index is 775. The van der Waals surface area contributed by atoms with Gasteiger partial charge in [-0.1, -0.05) is 6.07 Å². The lowest BCUT2D eigenvalue weighted by atomic mass is 10.2. The minimum absolute atomic E-state index is 0.0270. The largest absolute Gasteiger partial charge is 0.493 e. The number of methoxy groups -OCH3 is 1. The molecule has 0 bridgehead atoms. The minimum Gasteiger partial charge on any atom is -0.493 e. The van der Waals surface area contributed by atoms with Crippen LogP contribution in [-0.4, -0.2) is 37.1 Å². The van der Waals surface area contributed by atoms with Gasteiger partial charge in [0.05, 0.1) is 12.8 Å². The van der Waals surface area contributed by atoms with Crippen molar-refractivity contribution in [2.24, 2.45) is 0 Å². The minimum atomic E-state index is -0.513. The number of hydrogen-bond donors (Lipinski definition) is 0. The Morgan fingerprint density at radius 3 is 2.69 bits per heavy atom. The Hall–Kier alpha value is -2.61. The number of ether oxygens (including phenoxy) is 3. The first-order chi connectivity index (χ1) is 12.4. The number of anilines is 1. The van der Waals surface area contributed by atoms with Crippen LogP contribution in [0.2, 0.25) is 0 Å². The van der Waals surface area contributed by atoms with E-state index in [4.69, 9.17) is 14.2 Å². The molecule has 0 saturated carbocycles. The first kappa shape index (κ1) is 19.7. The molecule has 1 aromatic heterocycles. The topological polar surface area (TPSA) is 78.0 Å². The third-order valence-corrected chi connectivity index (χ3v) is 4.42. The molecule has 8 heteroatoms. The van der Waals surface area contributed by atoms with E-state index in [0.29, 0.717) is 28.9 Å². The number of benzene rings is 1. The third kappa shape index (κ3) is 5.19. The van der Waals surface area contributed by atoms with Crippen molar-refractivity contribution < 1.29 is 23.8 Å². The molecule has 0 spiro atoms. The van der Waals surface area contributed by atoms with Crippen LogP contribution in [0, 0.1) is 6.92 Å². The number of rotatable bonds is 8. The molecule has 1 heterocycles. The van der Waals surface area contributed by atoms with Gasteiger partial charge in [-0.3, -0.25) is 9.69 Å². The summed E-state index contributed by atoms with van der Waals surface area (Å²) in [6.45, 7) is 5.63. The summed E-state index contributed by atoms with van der Waals surface area (Å²) in [6, 6.07) is 5.44. The van der Waals surface area contributed by atoms with Gasteiger partial charge in [-0.15, -0.1) is 11.3 Å². The van der Waals surface area contributed by atoms with E-state index in [1.54, 1.807) is 23.5 Å². The molecule has 0 aliphatic rings. The number of carbonyl (C=O) groups is 2. The van der Waals surface area contributed by atoms with Crippen molar-refractivity contribution in [2.45, 2.75) is 27.4 Å². The summed E-state index contributed by atoms with van der Waals surface area (Å²) in [7, 11) is 1.54. The predicted octanol–water partition coefficient (Wildman–Crippen LogP) is 2.96. The second-order valence-electron chi connectivity index (χ2n) is 5.49. The average Bonchev–Trinajstić information content (AvgIpc) is 3.07. The van der Waals surface area contributed by atoms with Gasteiger partial charge >= 0.3 is 5.97 Å². The second kappa shape index (κ2) is 9.19. The average molecular weight is 378 g/mol. The molecule has 7 nitrogen and oxygen atoms in total. The maximum Gasteiger partial charge on any atom is 0.344 e. The highest BCUT2D eigenvalue weighted by Gasteiger charge is 2.14. The van der Waals surface area contributed by atoms with Crippen LogP contribution in [0.25, 0.3) is 0 Å². The molecule has 0 unspecified atom stereocenters. The van der Waals surface area contributed by atoms with E-state index in [9.17, 15) is 9.59 Å². The van der Waals surface area contributed by atoms with Crippen molar-refractivity contribution >= 4 is 28.3 Å². The summed E-state index contributed by atoms with van der Waals surface area (Å²) in [5.74, 6) is 0.448. The molecule has 1 aromatic carbocycles. The third-order valence-electron chi connectivity index (χ3n) is 3.51. The van der Waals surface area contributed by atoms with Crippen LogP contribution in [0.3, 0.4) is 0 Å².